The highest BCUT2D eigenvalue weighted by atomic mass is 35.5. The van der Waals surface area contributed by atoms with Gasteiger partial charge in [-0.05, 0) is 61.4 Å². The lowest BCUT2D eigenvalue weighted by molar-refractivity contribution is -0.192. The summed E-state index contributed by atoms with van der Waals surface area (Å²) in [6.45, 7) is 3.42. The molecule has 0 aromatic heterocycles. The van der Waals surface area contributed by atoms with Crippen molar-refractivity contribution in [2.75, 3.05) is 37.7 Å². The Morgan fingerprint density at radius 2 is 1.51 bits per heavy atom. The van der Waals surface area contributed by atoms with Crippen LogP contribution in [0.4, 0.5) is 18.9 Å². The molecule has 2 saturated heterocycles. The fourth-order valence-electron chi connectivity index (χ4n) is 4.22. The number of carboxylic acids is 1. The maximum absolute atomic E-state index is 12.7. The molecule has 2 amide bonds. The molecule has 0 aliphatic carbocycles. The van der Waals surface area contributed by atoms with Crippen molar-refractivity contribution in [1.82, 2.24) is 15.5 Å². The predicted molar refractivity (Wildman–Crippen MR) is 133 cm³/mol. The van der Waals surface area contributed by atoms with Crippen LogP contribution in [0.3, 0.4) is 0 Å². The second-order valence-corrected chi connectivity index (χ2v) is 9.38. The van der Waals surface area contributed by atoms with E-state index in [0.29, 0.717) is 28.8 Å². The van der Waals surface area contributed by atoms with Crippen LogP contribution < -0.4 is 15.5 Å². The van der Waals surface area contributed by atoms with E-state index in [4.69, 9.17) is 33.1 Å². The quantitative estimate of drug-likeness (QED) is 0.514. The molecule has 2 fully saturated rings. The van der Waals surface area contributed by atoms with Crippen molar-refractivity contribution in [3.8, 4) is 0 Å². The summed E-state index contributed by atoms with van der Waals surface area (Å²) in [5, 5.41) is 14.4. The zero-order valence-electron chi connectivity index (χ0n) is 19.5. The number of likely N-dealkylation sites (tertiary alicyclic amines) is 1. The standard InChI is InChI=1S/C22H24Cl2N4O2.C2HF3O2/c23-17-3-1-16(2-4-17)20(29)25-11-14-27-12-9-22(10-13-27)21(30)26-15-28(22)19-7-5-18(24)6-8-19;3-2(4,5)1(6)7/h1-8H,9-15H2,(H,25,29)(H,26,30);(H,6,7). The first-order valence-electron chi connectivity index (χ1n) is 11.3. The second-order valence-electron chi connectivity index (χ2n) is 8.51. The van der Waals surface area contributed by atoms with Crippen molar-refractivity contribution < 1.29 is 32.7 Å². The van der Waals surface area contributed by atoms with Gasteiger partial charge in [0.25, 0.3) is 5.91 Å². The number of piperidine rings is 1. The smallest absolute Gasteiger partial charge is 0.475 e. The van der Waals surface area contributed by atoms with Crippen LogP contribution in [0.1, 0.15) is 23.2 Å². The number of rotatable bonds is 5. The minimum absolute atomic E-state index is 0.0909. The van der Waals surface area contributed by atoms with Gasteiger partial charge in [-0.2, -0.15) is 13.2 Å². The normalized spacial score (nSPS) is 17.1. The zero-order valence-corrected chi connectivity index (χ0v) is 21.0. The Labute approximate surface area is 221 Å². The largest absolute Gasteiger partial charge is 0.490 e. The van der Waals surface area contributed by atoms with E-state index in [0.717, 1.165) is 38.2 Å². The Bertz CT molecular complexity index is 1110. The molecule has 0 unspecified atom stereocenters. The van der Waals surface area contributed by atoms with E-state index < -0.39 is 17.7 Å². The van der Waals surface area contributed by atoms with E-state index in [-0.39, 0.29) is 11.8 Å². The minimum Gasteiger partial charge on any atom is -0.475 e. The molecule has 2 aliphatic heterocycles. The van der Waals surface area contributed by atoms with E-state index in [9.17, 15) is 22.8 Å². The van der Waals surface area contributed by atoms with Gasteiger partial charge in [0, 0.05) is 47.5 Å². The number of carbonyl (C=O) groups is 3. The van der Waals surface area contributed by atoms with Crippen molar-refractivity contribution in [2.45, 2.75) is 24.6 Å². The summed E-state index contributed by atoms with van der Waals surface area (Å²) in [5.41, 5.74) is 1.08. The number of hydrogen-bond donors (Lipinski definition) is 3. The Morgan fingerprint density at radius 3 is 2.03 bits per heavy atom. The van der Waals surface area contributed by atoms with Gasteiger partial charge in [0.2, 0.25) is 5.91 Å². The lowest BCUT2D eigenvalue weighted by atomic mass is 9.85. The highest BCUT2D eigenvalue weighted by molar-refractivity contribution is 6.31. The molecule has 3 N–H and O–H groups in total. The number of benzene rings is 2. The van der Waals surface area contributed by atoms with Gasteiger partial charge >= 0.3 is 12.1 Å². The van der Waals surface area contributed by atoms with Crippen LogP contribution in [-0.2, 0) is 9.59 Å². The van der Waals surface area contributed by atoms with Gasteiger partial charge in [0.1, 0.15) is 5.54 Å². The van der Waals surface area contributed by atoms with Crippen LogP contribution in [0, 0.1) is 0 Å². The average molecular weight is 561 g/mol. The van der Waals surface area contributed by atoms with Gasteiger partial charge in [-0.3, -0.25) is 9.59 Å². The molecule has 0 atom stereocenters. The van der Waals surface area contributed by atoms with Crippen molar-refractivity contribution >= 4 is 46.7 Å². The third-order valence-electron chi connectivity index (χ3n) is 6.22. The summed E-state index contributed by atoms with van der Waals surface area (Å²) in [6, 6.07) is 14.5. The molecule has 1 spiro atoms. The number of nitrogens with one attached hydrogen (secondary N) is 2. The number of hydrogen-bond acceptors (Lipinski definition) is 5. The zero-order chi connectivity index (χ0) is 27.2. The number of carboxylic acid groups (broad SMARTS) is 1. The number of alkyl halides is 3. The Hall–Kier alpha value is -3.02. The molecule has 200 valence electrons. The first-order valence-corrected chi connectivity index (χ1v) is 12.1. The van der Waals surface area contributed by atoms with Gasteiger partial charge < -0.3 is 25.5 Å². The van der Waals surface area contributed by atoms with Crippen molar-refractivity contribution in [2.24, 2.45) is 0 Å². The van der Waals surface area contributed by atoms with E-state index in [1.807, 2.05) is 24.3 Å². The summed E-state index contributed by atoms with van der Waals surface area (Å²) in [4.78, 5) is 38.3. The van der Waals surface area contributed by atoms with Gasteiger partial charge in [0.05, 0.1) is 6.67 Å². The van der Waals surface area contributed by atoms with Crippen molar-refractivity contribution in [3.05, 3.63) is 64.1 Å². The first kappa shape index (κ1) is 28.5. The molecule has 2 aliphatic rings. The number of aliphatic carboxylic acids is 1. The maximum Gasteiger partial charge on any atom is 0.490 e. The molecule has 2 heterocycles. The maximum atomic E-state index is 12.7. The third kappa shape index (κ3) is 7.27. The fraction of sp³-hybridized carbons (Fsp3) is 0.375. The second kappa shape index (κ2) is 12.0. The molecule has 2 aromatic carbocycles. The number of carbonyl (C=O) groups excluding carboxylic acids is 2. The SMILES string of the molecule is O=C(NCCN1CCC2(CC1)C(=O)NCN2c1ccc(Cl)cc1)c1ccc(Cl)cc1.O=C(O)C(F)(F)F. The third-order valence-corrected chi connectivity index (χ3v) is 6.73. The summed E-state index contributed by atoms with van der Waals surface area (Å²) < 4.78 is 31.7. The van der Waals surface area contributed by atoms with Crippen LogP contribution in [0.5, 0.6) is 0 Å². The van der Waals surface area contributed by atoms with Gasteiger partial charge in [-0.1, -0.05) is 23.2 Å². The monoisotopic (exact) mass is 560 g/mol. The summed E-state index contributed by atoms with van der Waals surface area (Å²) >= 11 is 11.9. The molecular formula is C24H25Cl2F3N4O4. The predicted octanol–water partition coefficient (Wildman–Crippen LogP) is 3.79. The Kier molecular flexibility index (Phi) is 9.27. The van der Waals surface area contributed by atoms with Crippen molar-refractivity contribution in [3.63, 3.8) is 0 Å². The molecule has 2 aromatic rings. The van der Waals surface area contributed by atoms with E-state index in [2.05, 4.69) is 20.4 Å². The Balaban J connectivity index is 0.000000479. The van der Waals surface area contributed by atoms with E-state index >= 15 is 0 Å². The van der Waals surface area contributed by atoms with Crippen LogP contribution in [0.2, 0.25) is 10.0 Å². The topological polar surface area (TPSA) is 102 Å². The number of anilines is 1. The highest BCUT2D eigenvalue weighted by Crippen LogP contribution is 2.36. The molecular weight excluding hydrogens is 536 g/mol. The van der Waals surface area contributed by atoms with Crippen LogP contribution >= 0.6 is 23.2 Å². The van der Waals surface area contributed by atoms with E-state index in [1.54, 1.807) is 24.3 Å². The highest BCUT2D eigenvalue weighted by Gasteiger charge is 2.50. The van der Waals surface area contributed by atoms with E-state index in [1.165, 1.54) is 0 Å². The number of amides is 2. The molecule has 0 radical (unpaired) electrons. The molecule has 8 nitrogen and oxygen atoms in total. The Morgan fingerprint density at radius 1 is 1.00 bits per heavy atom. The average Bonchev–Trinajstić information content (AvgIpc) is 3.16. The van der Waals surface area contributed by atoms with Gasteiger partial charge in [-0.15, -0.1) is 0 Å². The summed E-state index contributed by atoms with van der Waals surface area (Å²) in [5.74, 6) is -2.77. The van der Waals surface area contributed by atoms with Crippen molar-refractivity contribution in [1.29, 1.82) is 0 Å². The summed E-state index contributed by atoms with van der Waals surface area (Å²) in [6.07, 6.45) is -3.60. The first-order chi connectivity index (χ1) is 17.4. The lowest BCUT2D eigenvalue weighted by Crippen LogP contribution is -2.57. The lowest BCUT2D eigenvalue weighted by Gasteiger charge is -2.43. The number of nitrogens with zero attached hydrogens (tertiary/aromatic N) is 2. The molecule has 37 heavy (non-hydrogen) atoms. The fourth-order valence-corrected chi connectivity index (χ4v) is 4.48. The minimum atomic E-state index is -5.08. The molecule has 0 saturated carbocycles. The van der Waals surface area contributed by atoms with Gasteiger partial charge in [-0.25, -0.2) is 4.79 Å². The van der Waals surface area contributed by atoms with Crippen LogP contribution in [0.15, 0.2) is 48.5 Å². The van der Waals surface area contributed by atoms with Gasteiger partial charge in [0.15, 0.2) is 0 Å². The molecule has 4 rings (SSSR count). The summed E-state index contributed by atoms with van der Waals surface area (Å²) in [7, 11) is 0. The van der Waals surface area contributed by atoms with Crippen LogP contribution in [-0.4, -0.2) is 72.4 Å². The van der Waals surface area contributed by atoms with Crippen LogP contribution in [0.25, 0.3) is 0 Å². The molecule has 0 bridgehead atoms. The molecule has 13 heteroatoms. The number of halogens is 5.